The van der Waals surface area contributed by atoms with Gasteiger partial charge >= 0.3 is 11.9 Å². The van der Waals surface area contributed by atoms with Crippen molar-refractivity contribution in [2.75, 3.05) is 7.05 Å². The number of rotatable bonds is 8. The molecule has 0 aliphatic rings. The third-order valence-corrected chi connectivity index (χ3v) is 5.78. The summed E-state index contributed by atoms with van der Waals surface area (Å²) >= 11 is 3.40. The van der Waals surface area contributed by atoms with Crippen LogP contribution in [0.5, 0.6) is 11.5 Å². The summed E-state index contributed by atoms with van der Waals surface area (Å²) in [6.07, 6.45) is 0.614. The summed E-state index contributed by atoms with van der Waals surface area (Å²) in [6.45, 7) is 3.65. The van der Waals surface area contributed by atoms with Crippen molar-refractivity contribution in [1.29, 1.82) is 0 Å². The lowest BCUT2D eigenvalue weighted by molar-refractivity contribution is -0.145. The molecule has 9 heteroatoms. The molecule has 0 fully saturated rings. The number of aliphatic carboxylic acids is 1. The van der Waals surface area contributed by atoms with E-state index in [0.29, 0.717) is 12.2 Å². The number of nitrogens with one attached hydrogen (secondary N) is 1. The van der Waals surface area contributed by atoms with E-state index in [4.69, 9.17) is 9.15 Å². The number of carboxylic acids is 1. The number of para-hydroxylation sites is 1. The Bertz CT molecular complexity index is 1210. The number of fused-ring (bicyclic) bond motifs is 1. The van der Waals surface area contributed by atoms with Crippen molar-refractivity contribution < 1.29 is 23.8 Å². The largest absolute Gasteiger partial charge is 0.480 e. The van der Waals surface area contributed by atoms with Crippen LogP contribution in [-0.4, -0.2) is 35.1 Å². The van der Waals surface area contributed by atoms with E-state index in [2.05, 4.69) is 21.4 Å². The fourth-order valence-electron chi connectivity index (χ4n) is 3.32. The van der Waals surface area contributed by atoms with Crippen molar-refractivity contribution in [3.63, 3.8) is 0 Å². The van der Waals surface area contributed by atoms with Crippen LogP contribution in [0.1, 0.15) is 30.8 Å². The van der Waals surface area contributed by atoms with Crippen molar-refractivity contribution in [2.24, 2.45) is 5.92 Å². The second-order valence-electron chi connectivity index (χ2n) is 7.36. The number of carbonyl (C=O) groups excluding carboxylic acids is 1. The summed E-state index contributed by atoms with van der Waals surface area (Å²) in [6, 6.07) is 12.2. The van der Waals surface area contributed by atoms with Gasteiger partial charge in [-0.25, -0.2) is 5.01 Å². The average molecular weight is 503 g/mol. The van der Waals surface area contributed by atoms with Crippen molar-refractivity contribution in [3.05, 3.63) is 69.0 Å². The number of likely N-dealkylation sites (N-methyl/N-ethyl adjacent to an activating group) is 1. The molecule has 3 rings (SSSR count). The Labute approximate surface area is 192 Å². The van der Waals surface area contributed by atoms with Gasteiger partial charge in [-0.05, 0) is 46.1 Å². The molecule has 0 saturated carbocycles. The van der Waals surface area contributed by atoms with Gasteiger partial charge in [-0.1, -0.05) is 38.5 Å². The smallest absolute Gasteiger partial charge is 0.323 e. The van der Waals surface area contributed by atoms with Gasteiger partial charge in [0.15, 0.2) is 11.2 Å². The highest BCUT2D eigenvalue weighted by atomic mass is 79.9. The SMILES string of the molecule is CC[C@H](C)[C@@H](C(=O)O)N(C)NC(=O)c1cc(=O)c2c(Oc3ccccc3Br)cccc2o1. The molecule has 0 spiro atoms. The van der Waals surface area contributed by atoms with Crippen molar-refractivity contribution in [2.45, 2.75) is 26.3 Å². The van der Waals surface area contributed by atoms with E-state index in [0.717, 1.165) is 10.5 Å². The van der Waals surface area contributed by atoms with E-state index in [9.17, 15) is 19.5 Å². The molecule has 0 radical (unpaired) electrons. The summed E-state index contributed by atoms with van der Waals surface area (Å²) in [5, 5.41) is 10.9. The highest BCUT2D eigenvalue weighted by Gasteiger charge is 2.29. The summed E-state index contributed by atoms with van der Waals surface area (Å²) in [5.74, 6) is -1.42. The highest BCUT2D eigenvalue weighted by molar-refractivity contribution is 9.10. The summed E-state index contributed by atoms with van der Waals surface area (Å²) in [4.78, 5) is 37.2. The van der Waals surface area contributed by atoms with Crippen LogP contribution >= 0.6 is 15.9 Å². The minimum absolute atomic E-state index is 0.173. The number of benzene rings is 2. The standard InChI is InChI=1S/C23H23BrN2O6/c1-4-13(2)21(23(29)30)26(3)25-22(28)19-12-15(27)20-17(10-7-11-18(20)32-19)31-16-9-6-5-8-14(16)24/h5-13,21H,4H2,1-3H3,(H,25,28)(H,29,30)/t13-,21-/m0/s1. The summed E-state index contributed by atoms with van der Waals surface area (Å²) < 4.78 is 12.3. The van der Waals surface area contributed by atoms with Crippen molar-refractivity contribution >= 4 is 38.8 Å². The predicted molar refractivity (Wildman–Crippen MR) is 123 cm³/mol. The van der Waals surface area contributed by atoms with Gasteiger partial charge in [-0.3, -0.25) is 19.8 Å². The Kier molecular flexibility index (Phi) is 7.32. The van der Waals surface area contributed by atoms with E-state index in [1.54, 1.807) is 37.3 Å². The number of nitrogens with zero attached hydrogens (tertiary/aromatic N) is 1. The number of hydrazine groups is 1. The molecule has 0 aliphatic carbocycles. The van der Waals surface area contributed by atoms with E-state index >= 15 is 0 Å². The monoisotopic (exact) mass is 502 g/mol. The molecule has 1 aromatic heterocycles. The van der Waals surface area contributed by atoms with E-state index in [1.807, 2.05) is 19.1 Å². The van der Waals surface area contributed by atoms with Crippen LogP contribution in [-0.2, 0) is 4.79 Å². The van der Waals surface area contributed by atoms with Crippen LogP contribution in [0.3, 0.4) is 0 Å². The number of hydrogen-bond acceptors (Lipinski definition) is 6. The second kappa shape index (κ2) is 9.97. The Balaban J connectivity index is 1.91. The second-order valence-corrected chi connectivity index (χ2v) is 8.21. The maximum absolute atomic E-state index is 12.8. The van der Waals surface area contributed by atoms with Gasteiger partial charge in [0.05, 0.1) is 4.47 Å². The number of amides is 1. The Morgan fingerprint density at radius 3 is 2.53 bits per heavy atom. The first-order chi connectivity index (χ1) is 15.2. The van der Waals surface area contributed by atoms with Crippen molar-refractivity contribution in [1.82, 2.24) is 10.4 Å². The topological polar surface area (TPSA) is 109 Å². The van der Waals surface area contributed by atoms with Crippen LogP contribution in [0, 0.1) is 5.92 Å². The number of hydrogen-bond donors (Lipinski definition) is 2. The fourth-order valence-corrected chi connectivity index (χ4v) is 3.69. The zero-order chi connectivity index (χ0) is 23.4. The molecule has 0 bridgehead atoms. The fraction of sp³-hybridized carbons (Fsp3) is 0.261. The minimum Gasteiger partial charge on any atom is -0.480 e. The third kappa shape index (κ3) is 5.00. The molecule has 0 unspecified atom stereocenters. The minimum atomic E-state index is -1.06. The molecule has 0 saturated heterocycles. The van der Waals surface area contributed by atoms with Gasteiger partial charge in [0.25, 0.3) is 0 Å². The molecule has 1 heterocycles. The lowest BCUT2D eigenvalue weighted by Crippen LogP contribution is -2.52. The van der Waals surface area contributed by atoms with Crippen LogP contribution in [0.2, 0.25) is 0 Å². The van der Waals surface area contributed by atoms with Gasteiger partial charge in [-0.2, -0.15) is 0 Å². The lowest BCUT2D eigenvalue weighted by Gasteiger charge is -2.28. The Hall–Kier alpha value is -3.17. The lowest BCUT2D eigenvalue weighted by atomic mass is 9.99. The average Bonchev–Trinajstić information content (AvgIpc) is 2.74. The molecule has 0 aliphatic heterocycles. The first-order valence-electron chi connectivity index (χ1n) is 9.98. The van der Waals surface area contributed by atoms with Gasteiger partial charge in [0.2, 0.25) is 0 Å². The zero-order valence-electron chi connectivity index (χ0n) is 17.8. The van der Waals surface area contributed by atoms with E-state index in [-0.39, 0.29) is 28.4 Å². The third-order valence-electron chi connectivity index (χ3n) is 5.13. The van der Waals surface area contributed by atoms with Crippen molar-refractivity contribution in [3.8, 4) is 11.5 Å². The number of ether oxygens (including phenoxy) is 1. The summed E-state index contributed by atoms with van der Waals surface area (Å²) in [5.41, 5.74) is 2.20. The number of carboxylic acid groups (broad SMARTS) is 1. The van der Waals surface area contributed by atoms with Crippen LogP contribution in [0.25, 0.3) is 11.0 Å². The first kappa shape index (κ1) is 23.5. The van der Waals surface area contributed by atoms with Crippen LogP contribution < -0.4 is 15.6 Å². The molecule has 168 valence electrons. The quantitative estimate of drug-likeness (QED) is 0.438. The molecule has 2 atom stereocenters. The maximum atomic E-state index is 12.8. The molecule has 2 aromatic carbocycles. The number of halogens is 1. The number of carbonyl (C=O) groups is 2. The Morgan fingerprint density at radius 2 is 1.88 bits per heavy atom. The predicted octanol–water partition coefficient (Wildman–Crippen LogP) is 4.42. The zero-order valence-corrected chi connectivity index (χ0v) is 19.4. The highest BCUT2D eigenvalue weighted by Crippen LogP contribution is 2.32. The van der Waals surface area contributed by atoms with Crippen LogP contribution in [0.15, 0.2) is 62.2 Å². The molecular formula is C23H23BrN2O6. The maximum Gasteiger partial charge on any atom is 0.323 e. The van der Waals surface area contributed by atoms with Gasteiger partial charge in [-0.15, -0.1) is 0 Å². The molecule has 8 nitrogen and oxygen atoms in total. The van der Waals surface area contributed by atoms with E-state index < -0.39 is 23.3 Å². The summed E-state index contributed by atoms with van der Waals surface area (Å²) in [7, 11) is 1.46. The molecule has 3 aromatic rings. The molecular weight excluding hydrogens is 480 g/mol. The van der Waals surface area contributed by atoms with Gasteiger partial charge < -0.3 is 14.3 Å². The van der Waals surface area contributed by atoms with E-state index in [1.165, 1.54) is 12.1 Å². The molecule has 2 N–H and O–H groups in total. The molecule has 1 amide bonds. The normalized spacial score (nSPS) is 13.0. The van der Waals surface area contributed by atoms with Crippen LogP contribution in [0.4, 0.5) is 0 Å². The Morgan fingerprint density at radius 1 is 1.19 bits per heavy atom. The van der Waals surface area contributed by atoms with Gasteiger partial charge in [0, 0.05) is 13.1 Å². The molecule has 32 heavy (non-hydrogen) atoms. The van der Waals surface area contributed by atoms with Gasteiger partial charge in [0.1, 0.15) is 28.5 Å². The first-order valence-corrected chi connectivity index (χ1v) is 10.8.